The molecule has 12 heteroatoms. The second-order valence-electron chi connectivity index (χ2n) is 10.5. The predicted molar refractivity (Wildman–Crippen MR) is 166 cm³/mol. The summed E-state index contributed by atoms with van der Waals surface area (Å²) < 4.78 is 25.8. The minimum absolute atomic E-state index is 0.0667. The summed E-state index contributed by atoms with van der Waals surface area (Å²) in [6.45, 7) is 3.88. The highest BCUT2D eigenvalue weighted by molar-refractivity contribution is 7.20. The van der Waals surface area contributed by atoms with E-state index in [2.05, 4.69) is 44.4 Å². The van der Waals surface area contributed by atoms with Crippen LogP contribution in [0.2, 0.25) is 5.02 Å². The van der Waals surface area contributed by atoms with Crippen molar-refractivity contribution in [3.8, 4) is 17.6 Å². The zero-order valence-corrected chi connectivity index (χ0v) is 25.1. The molecule has 2 fully saturated rings. The number of anilines is 2. The Labute approximate surface area is 258 Å². The smallest absolute Gasteiger partial charge is 0.410 e. The van der Waals surface area contributed by atoms with E-state index in [0.29, 0.717) is 48.2 Å². The number of piperazine rings is 1. The summed E-state index contributed by atoms with van der Waals surface area (Å²) in [7, 11) is 2.05. The van der Waals surface area contributed by atoms with E-state index in [1.165, 1.54) is 29.8 Å². The molecular formula is C31H30ClFN6O3S. The van der Waals surface area contributed by atoms with Crippen molar-refractivity contribution in [1.82, 2.24) is 25.1 Å². The highest BCUT2D eigenvalue weighted by atomic mass is 35.5. The molecule has 4 heterocycles. The fraction of sp³-hybridized carbons (Fsp3) is 0.323. The van der Waals surface area contributed by atoms with Gasteiger partial charge in [0.15, 0.2) is 5.82 Å². The molecule has 43 heavy (non-hydrogen) atoms. The number of rotatable bonds is 6. The molecule has 0 radical (unpaired) electrons. The number of nitrogens with one attached hydrogen (secondary N) is 2. The van der Waals surface area contributed by atoms with Gasteiger partial charge in [-0.1, -0.05) is 35.6 Å². The molecule has 2 atom stereocenters. The second kappa shape index (κ2) is 13.1. The number of amides is 1. The van der Waals surface area contributed by atoms with Crippen LogP contribution in [0.3, 0.4) is 0 Å². The largest absolute Gasteiger partial charge is 0.487 e. The van der Waals surface area contributed by atoms with Crippen LogP contribution in [0.15, 0.2) is 54.9 Å². The first kappa shape index (κ1) is 29.1. The van der Waals surface area contributed by atoms with Crippen molar-refractivity contribution in [2.24, 2.45) is 0 Å². The van der Waals surface area contributed by atoms with Crippen molar-refractivity contribution >= 4 is 50.8 Å². The highest BCUT2D eigenvalue weighted by Gasteiger charge is 2.29. The summed E-state index contributed by atoms with van der Waals surface area (Å²) in [5.41, 5.74) is 2.23. The standard InChI is InChI=1S/C31H30ClFN6O3S/c1-38-9-11-39(12-10-38)31(40)42-24-14-22(34-17-24)5-7-25-16-27-29(43-25)30(36-19-35-27)37-23-6-8-28(26(32)15-23)41-18-20-3-2-4-21(33)13-20/h2-4,6,8,13,15-16,19,22,24,34H,9-12,14,17-18H2,1H3,(H,35,36,37). The van der Waals surface area contributed by atoms with Gasteiger partial charge in [-0.25, -0.2) is 19.2 Å². The van der Waals surface area contributed by atoms with E-state index < -0.39 is 0 Å². The molecule has 2 saturated heterocycles. The molecular weight excluding hydrogens is 591 g/mol. The number of nitrogens with zero attached hydrogens (tertiary/aromatic N) is 4. The average Bonchev–Trinajstić information content (AvgIpc) is 3.63. The van der Waals surface area contributed by atoms with Crippen molar-refractivity contribution in [2.45, 2.75) is 25.2 Å². The van der Waals surface area contributed by atoms with Crippen LogP contribution in [0.4, 0.5) is 20.7 Å². The molecule has 0 bridgehead atoms. The maximum Gasteiger partial charge on any atom is 0.410 e. The molecule has 9 nitrogen and oxygen atoms in total. The van der Waals surface area contributed by atoms with Gasteiger partial charge >= 0.3 is 6.09 Å². The summed E-state index contributed by atoms with van der Waals surface area (Å²) in [5, 5.41) is 7.08. The number of hydrogen-bond acceptors (Lipinski definition) is 9. The van der Waals surface area contributed by atoms with Gasteiger partial charge in [-0.05, 0) is 49.0 Å². The molecule has 2 aliphatic rings. The quantitative estimate of drug-likeness (QED) is 0.282. The SMILES string of the molecule is CN1CCN(C(=O)OC2CNC(C#Cc3cc4ncnc(Nc5ccc(OCc6cccc(F)c6)c(Cl)c5)c4s3)C2)CC1. The molecule has 4 aromatic rings. The van der Waals surface area contributed by atoms with Crippen LogP contribution in [-0.4, -0.2) is 77.8 Å². The number of carbonyl (C=O) groups is 1. The Hall–Kier alpha value is -3.95. The van der Waals surface area contributed by atoms with Crippen LogP contribution >= 0.6 is 22.9 Å². The molecule has 2 aromatic carbocycles. The van der Waals surface area contributed by atoms with Crippen LogP contribution in [0.5, 0.6) is 5.75 Å². The minimum Gasteiger partial charge on any atom is -0.487 e. The Balaban J connectivity index is 1.06. The van der Waals surface area contributed by atoms with Gasteiger partial charge in [-0.3, -0.25) is 5.32 Å². The summed E-state index contributed by atoms with van der Waals surface area (Å²) in [5.74, 6) is 7.35. The third kappa shape index (κ3) is 7.35. The third-order valence-corrected chi connectivity index (χ3v) is 8.62. The summed E-state index contributed by atoms with van der Waals surface area (Å²) >= 11 is 7.97. The van der Waals surface area contributed by atoms with E-state index in [-0.39, 0.29) is 30.7 Å². The van der Waals surface area contributed by atoms with E-state index in [4.69, 9.17) is 21.1 Å². The van der Waals surface area contributed by atoms with Crippen LogP contribution in [0.1, 0.15) is 16.9 Å². The van der Waals surface area contributed by atoms with Crippen molar-refractivity contribution in [3.05, 3.63) is 76.1 Å². The van der Waals surface area contributed by atoms with Crippen molar-refractivity contribution in [2.75, 3.05) is 45.1 Å². The first-order chi connectivity index (χ1) is 20.9. The normalized spacial score (nSPS) is 18.7. The first-order valence-electron chi connectivity index (χ1n) is 14.0. The highest BCUT2D eigenvalue weighted by Crippen LogP contribution is 2.33. The number of likely N-dealkylation sites (N-methyl/N-ethyl adjacent to an activating group) is 1. The first-order valence-corrected chi connectivity index (χ1v) is 15.2. The molecule has 1 amide bonds. The van der Waals surface area contributed by atoms with Crippen LogP contribution < -0.4 is 15.4 Å². The molecule has 2 N–H and O–H groups in total. The lowest BCUT2D eigenvalue weighted by Crippen LogP contribution is -2.48. The number of benzene rings is 2. The molecule has 2 aromatic heterocycles. The fourth-order valence-electron chi connectivity index (χ4n) is 4.89. The van der Waals surface area contributed by atoms with E-state index in [1.54, 1.807) is 29.2 Å². The number of halogens is 2. The van der Waals surface area contributed by atoms with E-state index in [0.717, 1.165) is 33.9 Å². The second-order valence-corrected chi connectivity index (χ2v) is 12.0. The van der Waals surface area contributed by atoms with E-state index in [1.807, 2.05) is 12.1 Å². The van der Waals surface area contributed by atoms with Gasteiger partial charge in [0.05, 0.1) is 26.2 Å². The number of ether oxygens (including phenoxy) is 2. The zero-order valence-electron chi connectivity index (χ0n) is 23.5. The summed E-state index contributed by atoms with van der Waals surface area (Å²) in [6.07, 6.45) is 1.71. The molecule has 222 valence electrons. The number of carbonyl (C=O) groups excluding carboxylic acids is 1. The number of thiophene rings is 1. The molecule has 0 spiro atoms. The Morgan fingerprint density at radius 1 is 1.19 bits per heavy atom. The molecule has 6 rings (SSSR count). The van der Waals surface area contributed by atoms with Gasteiger partial charge in [-0.15, -0.1) is 11.3 Å². The summed E-state index contributed by atoms with van der Waals surface area (Å²) in [4.78, 5) is 26.2. The molecule has 0 saturated carbocycles. The van der Waals surface area contributed by atoms with Gasteiger partial charge in [-0.2, -0.15) is 0 Å². The monoisotopic (exact) mass is 620 g/mol. The Morgan fingerprint density at radius 2 is 2.05 bits per heavy atom. The number of fused-ring (bicyclic) bond motifs is 1. The topological polar surface area (TPSA) is 91.9 Å². The minimum atomic E-state index is -0.311. The number of aromatic nitrogens is 2. The average molecular weight is 621 g/mol. The lowest BCUT2D eigenvalue weighted by molar-refractivity contribution is 0.0555. The predicted octanol–water partition coefficient (Wildman–Crippen LogP) is 5.27. The molecule has 2 aliphatic heterocycles. The summed E-state index contributed by atoms with van der Waals surface area (Å²) in [6, 6.07) is 13.5. The zero-order chi connectivity index (χ0) is 29.8. The Bertz CT molecular complexity index is 1680. The van der Waals surface area contributed by atoms with Crippen LogP contribution in [0.25, 0.3) is 10.2 Å². The lowest BCUT2D eigenvalue weighted by Gasteiger charge is -2.32. The maximum atomic E-state index is 13.4. The lowest BCUT2D eigenvalue weighted by atomic mass is 10.2. The Morgan fingerprint density at radius 3 is 2.86 bits per heavy atom. The van der Waals surface area contributed by atoms with Gasteiger partial charge < -0.3 is 24.6 Å². The van der Waals surface area contributed by atoms with Crippen molar-refractivity contribution in [3.63, 3.8) is 0 Å². The van der Waals surface area contributed by atoms with Gasteiger partial charge in [0.1, 0.15) is 30.6 Å². The van der Waals surface area contributed by atoms with Crippen LogP contribution in [-0.2, 0) is 11.3 Å². The number of hydrogen-bond donors (Lipinski definition) is 2. The Kier molecular flexibility index (Phi) is 8.90. The van der Waals surface area contributed by atoms with Gasteiger partial charge in [0.25, 0.3) is 0 Å². The maximum absolute atomic E-state index is 13.4. The van der Waals surface area contributed by atoms with Gasteiger partial charge in [0, 0.05) is 44.8 Å². The molecule has 0 aliphatic carbocycles. The van der Waals surface area contributed by atoms with Gasteiger partial charge in [0.2, 0.25) is 0 Å². The fourth-order valence-corrected chi connectivity index (χ4v) is 6.04. The van der Waals surface area contributed by atoms with E-state index >= 15 is 0 Å². The van der Waals surface area contributed by atoms with E-state index in [9.17, 15) is 9.18 Å². The molecule has 2 unspecified atom stereocenters. The van der Waals surface area contributed by atoms with Crippen LogP contribution in [0, 0.1) is 17.7 Å². The van der Waals surface area contributed by atoms with Crippen molar-refractivity contribution < 1.29 is 18.7 Å². The van der Waals surface area contributed by atoms with Crippen molar-refractivity contribution in [1.29, 1.82) is 0 Å². The third-order valence-electron chi connectivity index (χ3n) is 7.28.